The van der Waals surface area contributed by atoms with Crippen LogP contribution < -0.4 is 4.74 Å². The molecule has 0 saturated heterocycles. The van der Waals surface area contributed by atoms with Gasteiger partial charge in [0.25, 0.3) is 0 Å². The van der Waals surface area contributed by atoms with Crippen LogP contribution in [-0.4, -0.2) is 17.2 Å². The van der Waals surface area contributed by atoms with Crippen LogP contribution in [0.4, 0.5) is 4.39 Å². The Morgan fingerprint density at radius 2 is 2.12 bits per heavy atom. The Balaban J connectivity index is 2.59. The van der Waals surface area contributed by atoms with Gasteiger partial charge < -0.3 is 9.84 Å². The molecule has 0 bridgehead atoms. The van der Waals surface area contributed by atoms with E-state index >= 15 is 0 Å². The summed E-state index contributed by atoms with van der Waals surface area (Å²) in [6, 6.07) is 6.13. The van der Waals surface area contributed by atoms with Crippen molar-refractivity contribution in [1.29, 1.82) is 0 Å². The van der Waals surface area contributed by atoms with E-state index in [0.717, 1.165) is 0 Å². The van der Waals surface area contributed by atoms with Crippen LogP contribution in [0.15, 0.2) is 36.7 Å². The van der Waals surface area contributed by atoms with Crippen LogP contribution in [0.2, 0.25) is 0 Å². The molecule has 1 heterocycles. The summed E-state index contributed by atoms with van der Waals surface area (Å²) in [5.74, 6) is 0.197. The second-order valence-electron chi connectivity index (χ2n) is 3.54. The zero-order chi connectivity index (χ0) is 12.3. The molecule has 0 spiro atoms. The third-order valence-corrected chi connectivity index (χ3v) is 2.55. The first-order valence-corrected chi connectivity index (χ1v) is 5.14. The number of pyridine rings is 1. The molecule has 3 nitrogen and oxygen atoms in total. The summed E-state index contributed by atoms with van der Waals surface area (Å²) >= 11 is 0. The minimum Gasteiger partial charge on any atom is -0.497 e. The fourth-order valence-corrected chi connectivity index (χ4v) is 1.64. The van der Waals surface area contributed by atoms with Crippen molar-refractivity contribution < 1.29 is 14.2 Å². The number of aromatic nitrogens is 1. The number of aliphatic hydroxyl groups is 1. The minimum absolute atomic E-state index is 0.158. The van der Waals surface area contributed by atoms with E-state index in [1.165, 1.54) is 19.4 Å². The second-order valence-corrected chi connectivity index (χ2v) is 3.54. The number of ether oxygens (including phenoxy) is 1. The molecule has 1 N–H and O–H groups in total. The van der Waals surface area contributed by atoms with Gasteiger partial charge in [-0.05, 0) is 29.8 Å². The summed E-state index contributed by atoms with van der Waals surface area (Å²) in [6.45, 7) is -0.158. The third-order valence-electron chi connectivity index (χ3n) is 2.55. The number of nitrogens with zero attached hydrogens (tertiary/aromatic N) is 1. The van der Waals surface area contributed by atoms with Gasteiger partial charge in [0.2, 0.25) is 0 Å². The summed E-state index contributed by atoms with van der Waals surface area (Å²) in [4.78, 5) is 3.95. The molecular weight excluding hydrogens is 221 g/mol. The molecule has 0 fully saturated rings. The smallest absolute Gasteiger partial charge is 0.131 e. The second kappa shape index (κ2) is 4.93. The van der Waals surface area contributed by atoms with Crippen LogP contribution in [-0.2, 0) is 6.61 Å². The highest BCUT2D eigenvalue weighted by atomic mass is 19.1. The standard InChI is InChI=1S/C13H12FNO2/c1-17-10-2-3-13(14)11(6-10)12-7-15-5-4-9(12)8-16/h2-7,16H,8H2,1H3. The monoisotopic (exact) mass is 233 g/mol. The van der Waals surface area contributed by atoms with E-state index in [4.69, 9.17) is 4.74 Å². The van der Waals surface area contributed by atoms with Gasteiger partial charge in [0.15, 0.2) is 0 Å². The molecule has 2 rings (SSSR count). The Morgan fingerprint density at radius 1 is 1.29 bits per heavy atom. The lowest BCUT2D eigenvalue weighted by atomic mass is 10.0. The number of hydrogen-bond donors (Lipinski definition) is 1. The Hall–Kier alpha value is -1.94. The van der Waals surface area contributed by atoms with E-state index in [-0.39, 0.29) is 12.4 Å². The van der Waals surface area contributed by atoms with E-state index in [2.05, 4.69) is 4.98 Å². The molecule has 0 radical (unpaired) electrons. The molecule has 0 amide bonds. The number of rotatable bonds is 3. The van der Waals surface area contributed by atoms with Crippen molar-refractivity contribution in [2.24, 2.45) is 0 Å². The molecule has 88 valence electrons. The minimum atomic E-state index is -0.367. The van der Waals surface area contributed by atoms with E-state index in [0.29, 0.717) is 22.4 Å². The van der Waals surface area contributed by atoms with Crippen molar-refractivity contribution in [1.82, 2.24) is 4.98 Å². The number of benzene rings is 1. The summed E-state index contributed by atoms with van der Waals surface area (Å²) < 4.78 is 18.8. The Labute approximate surface area is 98.5 Å². The van der Waals surface area contributed by atoms with Crippen molar-refractivity contribution >= 4 is 0 Å². The van der Waals surface area contributed by atoms with Gasteiger partial charge in [-0.1, -0.05) is 0 Å². The summed E-state index contributed by atoms with van der Waals surface area (Å²) in [5.41, 5.74) is 1.58. The van der Waals surface area contributed by atoms with Gasteiger partial charge >= 0.3 is 0 Å². The molecule has 0 atom stereocenters. The molecule has 0 aliphatic rings. The Bertz CT molecular complexity index is 529. The fraction of sp³-hybridized carbons (Fsp3) is 0.154. The maximum atomic E-state index is 13.7. The normalized spacial score (nSPS) is 10.3. The van der Waals surface area contributed by atoms with Crippen LogP contribution in [0, 0.1) is 5.82 Å². The fourth-order valence-electron chi connectivity index (χ4n) is 1.64. The molecule has 0 saturated carbocycles. The highest BCUT2D eigenvalue weighted by molar-refractivity contribution is 5.68. The van der Waals surface area contributed by atoms with E-state index in [1.54, 1.807) is 24.4 Å². The molecule has 17 heavy (non-hydrogen) atoms. The van der Waals surface area contributed by atoms with E-state index in [1.807, 2.05) is 0 Å². The first-order valence-electron chi connectivity index (χ1n) is 5.14. The zero-order valence-corrected chi connectivity index (χ0v) is 9.35. The van der Waals surface area contributed by atoms with Crippen molar-refractivity contribution in [2.75, 3.05) is 7.11 Å². The van der Waals surface area contributed by atoms with Crippen molar-refractivity contribution in [3.8, 4) is 16.9 Å². The number of halogens is 1. The first kappa shape index (κ1) is 11.5. The van der Waals surface area contributed by atoms with Gasteiger partial charge in [0.1, 0.15) is 11.6 Å². The van der Waals surface area contributed by atoms with Crippen LogP contribution in [0.5, 0.6) is 5.75 Å². The lowest BCUT2D eigenvalue weighted by Crippen LogP contribution is -1.94. The molecule has 0 aliphatic carbocycles. The Morgan fingerprint density at radius 3 is 2.82 bits per heavy atom. The average Bonchev–Trinajstić information content (AvgIpc) is 2.39. The van der Waals surface area contributed by atoms with Crippen LogP contribution >= 0.6 is 0 Å². The number of hydrogen-bond acceptors (Lipinski definition) is 3. The first-order chi connectivity index (χ1) is 8.26. The molecule has 4 heteroatoms. The molecule has 1 aromatic carbocycles. The maximum Gasteiger partial charge on any atom is 0.131 e. The van der Waals surface area contributed by atoms with Crippen molar-refractivity contribution in [3.63, 3.8) is 0 Å². The largest absolute Gasteiger partial charge is 0.497 e. The third kappa shape index (κ3) is 2.26. The van der Waals surface area contributed by atoms with E-state index in [9.17, 15) is 9.50 Å². The quantitative estimate of drug-likeness (QED) is 0.885. The summed E-state index contributed by atoms with van der Waals surface area (Å²) in [5, 5.41) is 9.22. The highest BCUT2D eigenvalue weighted by Gasteiger charge is 2.10. The van der Waals surface area contributed by atoms with Crippen molar-refractivity contribution in [3.05, 3.63) is 48.0 Å². The predicted octanol–water partition coefficient (Wildman–Crippen LogP) is 2.39. The molecule has 0 aliphatic heterocycles. The van der Waals surface area contributed by atoms with E-state index < -0.39 is 0 Å². The average molecular weight is 233 g/mol. The SMILES string of the molecule is COc1ccc(F)c(-c2cnccc2CO)c1. The zero-order valence-electron chi connectivity index (χ0n) is 9.35. The molecule has 1 aromatic heterocycles. The highest BCUT2D eigenvalue weighted by Crippen LogP contribution is 2.29. The maximum absolute atomic E-state index is 13.7. The van der Waals surface area contributed by atoms with Gasteiger partial charge in [-0.15, -0.1) is 0 Å². The lowest BCUT2D eigenvalue weighted by Gasteiger charge is -2.09. The summed E-state index contributed by atoms with van der Waals surface area (Å²) in [7, 11) is 1.52. The number of methoxy groups -OCH3 is 1. The number of aliphatic hydroxyl groups excluding tert-OH is 1. The summed E-state index contributed by atoms with van der Waals surface area (Å²) in [6.07, 6.45) is 3.09. The lowest BCUT2D eigenvalue weighted by molar-refractivity contribution is 0.282. The molecule has 2 aromatic rings. The molecular formula is C13H12FNO2. The topological polar surface area (TPSA) is 42.4 Å². The van der Waals surface area contributed by atoms with Crippen LogP contribution in [0.25, 0.3) is 11.1 Å². The molecule has 0 unspecified atom stereocenters. The van der Waals surface area contributed by atoms with Gasteiger partial charge in [-0.3, -0.25) is 4.98 Å². The van der Waals surface area contributed by atoms with Gasteiger partial charge in [0.05, 0.1) is 13.7 Å². The van der Waals surface area contributed by atoms with Gasteiger partial charge in [-0.2, -0.15) is 0 Å². The van der Waals surface area contributed by atoms with Crippen LogP contribution in [0.3, 0.4) is 0 Å². The van der Waals surface area contributed by atoms with Gasteiger partial charge in [0, 0.05) is 23.5 Å². The van der Waals surface area contributed by atoms with Crippen LogP contribution in [0.1, 0.15) is 5.56 Å². The van der Waals surface area contributed by atoms with Crippen molar-refractivity contribution in [2.45, 2.75) is 6.61 Å². The van der Waals surface area contributed by atoms with Gasteiger partial charge in [-0.25, -0.2) is 4.39 Å². The Kier molecular flexibility index (Phi) is 3.35. The predicted molar refractivity (Wildman–Crippen MR) is 62.1 cm³/mol.